The van der Waals surface area contributed by atoms with Gasteiger partial charge in [-0.3, -0.25) is 0 Å². The highest BCUT2D eigenvalue weighted by atomic mass is 16.7. The number of ether oxygens (including phenoxy) is 2. The van der Waals surface area contributed by atoms with E-state index >= 15 is 0 Å². The summed E-state index contributed by atoms with van der Waals surface area (Å²) in [5.74, 6) is 1.19. The summed E-state index contributed by atoms with van der Waals surface area (Å²) < 4.78 is 11.4. The van der Waals surface area contributed by atoms with Crippen molar-refractivity contribution in [1.29, 1.82) is 0 Å². The third-order valence-corrected chi connectivity index (χ3v) is 3.24. The van der Waals surface area contributed by atoms with Gasteiger partial charge in [0.05, 0.1) is 13.2 Å². The van der Waals surface area contributed by atoms with Crippen LogP contribution in [0.2, 0.25) is 0 Å². The summed E-state index contributed by atoms with van der Waals surface area (Å²) in [4.78, 5) is 2.38. The van der Waals surface area contributed by atoms with Crippen molar-refractivity contribution in [2.75, 3.05) is 33.4 Å². The van der Waals surface area contributed by atoms with E-state index in [2.05, 4.69) is 18.9 Å². The Morgan fingerprint density at radius 1 is 1.07 bits per heavy atom. The highest BCUT2D eigenvalue weighted by Crippen LogP contribution is 2.25. The molecule has 0 atom stereocenters. The van der Waals surface area contributed by atoms with Crippen LogP contribution < -0.4 is 0 Å². The maximum atomic E-state index is 5.72. The minimum atomic E-state index is 0.0832. The normalized spacial score (nSPS) is 37.3. The van der Waals surface area contributed by atoms with Crippen molar-refractivity contribution in [3.8, 4) is 0 Å². The molecule has 2 heterocycles. The van der Waals surface area contributed by atoms with Crippen LogP contribution in [0.25, 0.3) is 0 Å². The van der Waals surface area contributed by atoms with Crippen molar-refractivity contribution in [3.05, 3.63) is 0 Å². The Kier molecular flexibility index (Phi) is 3.42. The fraction of sp³-hybridized carbons (Fsp3) is 1.00. The van der Waals surface area contributed by atoms with Gasteiger partial charge in [0, 0.05) is 11.8 Å². The van der Waals surface area contributed by atoms with Crippen LogP contribution in [0.1, 0.15) is 19.8 Å². The molecule has 0 aromatic carbocycles. The number of hydrogen-bond acceptors (Lipinski definition) is 3. The predicted molar refractivity (Wildman–Crippen MR) is 55.1 cm³/mol. The first-order chi connectivity index (χ1) is 6.75. The Balaban J connectivity index is 1.78. The zero-order valence-electron chi connectivity index (χ0n) is 9.24. The molecule has 0 aromatic heterocycles. The zero-order valence-corrected chi connectivity index (χ0v) is 9.24. The van der Waals surface area contributed by atoms with Crippen molar-refractivity contribution in [2.45, 2.75) is 26.1 Å². The minimum absolute atomic E-state index is 0.0832. The van der Waals surface area contributed by atoms with Crippen LogP contribution in [-0.4, -0.2) is 44.5 Å². The fourth-order valence-corrected chi connectivity index (χ4v) is 2.19. The molecule has 3 heteroatoms. The molecule has 0 aliphatic carbocycles. The molecule has 0 amide bonds. The Morgan fingerprint density at radius 3 is 2.21 bits per heavy atom. The summed E-state index contributed by atoms with van der Waals surface area (Å²) in [6.45, 7) is 6.28. The topological polar surface area (TPSA) is 21.7 Å². The maximum Gasteiger partial charge on any atom is 0.160 e. The second-order valence-corrected chi connectivity index (χ2v) is 4.78. The fourth-order valence-electron chi connectivity index (χ4n) is 2.19. The van der Waals surface area contributed by atoms with Crippen molar-refractivity contribution in [3.63, 3.8) is 0 Å². The molecule has 82 valence electrons. The molecule has 0 radical (unpaired) electrons. The van der Waals surface area contributed by atoms with E-state index < -0.39 is 0 Å². The first kappa shape index (κ1) is 10.4. The van der Waals surface area contributed by atoms with Gasteiger partial charge in [-0.2, -0.15) is 0 Å². The molecule has 0 saturated carbocycles. The van der Waals surface area contributed by atoms with E-state index in [1.807, 2.05) is 0 Å². The predicted octanol–water partition coefficient (Wildman–Crippen LogP) is 1.34. The summed E-state index contributed by atoms with van der Waals surface area (Å²) in [6, 6.07) is 0. The van der Waals surface area contributed by atoms with Crippen LogP contribution >= 0.6 is 0 Å². The van der Waals surface area contributed by atoms with Crippen LogP contribution in [0.15, 0.2) is 0 Å². The van der Waals surface area contributed by atoms with Gasteiger partial charge in [-0.05, 0) is 33.0 Å². The molecule has 0 N–H and O–H groups in total. The van der Waals surface area contributed by atoms with Crippen LogP contribution in [0, 0.1) is 11.8 Å². The molecule has 3 nitrogen and oxygen atoms in total. The maximum absolute atomic E-state index is 5.72. The highest BCUT2D eigenvalue weighted by Gasteiger charge is 2.29. The standard InChI is InChI=1S/C11H21NO2/c1-9-7-13-11(14-8-9)10-3-5-12(2)6-4-10/h9-11H,3-8H2,1-2H3. The lowest BCUT2D eigenvalue weighted by atomic mass is 9.96. The van der Waals surface area contributed by atoms with E-state index in [0.717, 1.165) is 13.2 Å². The van der Waals surface area contributed by atoms with Gasteiger partial charge in [0.1, 0.15) is 0 Å². The van der Waals surface area contributed by atoms with E-state index in [0.29, 0.717) is 11.8 Å². The first-order valence-electron chi connectivity index (χ1n) is 5.67. The Hall–Kier alpha value is -0.120. The second-order valence-electron chi connectivity index (χ2n) is 4.78. The van der Waals surface area contributed by atoms with Crippen LogP contribution in [-0.2, 0) is 9.47 Å². The molecule has 0 unspecified atom stereocenters. The van der Waals surface area contributed by atoms with E-state index in [4.69, 9.17) is 9.47 Å². The molecular weight excluding hydrogens is 178 g/mol. The SMILES string of the molecule is CC1COC(C2CCN(C)CC2)OC1. The largest absolute Gasteiger partial charge is 0.352 e. The third kappa shape index (κ3) is 2.47. The summed E-state index contributed by atoms with van der Waals surface area (Å²) in [5, 5.41) is 0. The molecule has 2 aliphatic rings. The summed E-state index contributed by atoms with van der Waals surface area (Å²) in [5.41, 5.74) is 0. The Labute approximate surface area is 86.4 Å². The lowest BCUT2D eigenvalue weighted by Crippen LogP contribution is -2.41. The van der Waals surface area contributed by atoms with Gasteiger partial charge in [-0.15, -0.1) is 0 Å². The molecule has 0 aromatic rings. The van der Waals surface area contributed by atoms with Crippen molar-refractivity contribution in [2.24, 2.45) is 11.8 Å². The van der Waals surface area contributed by atoms with Gasteiger partial charge in [-0.1, -0.05) is 6.92 Å². The number of hydrogen-bond donors (Lipinski definition) is 0. The van der Waals surface area contributed by atoms with Crippen LogP contribution in [0.4, 0.5) is 0 Å². The Morgan fingerprint density at radius 2 is 1.64 bits per heavy atom. The van der Waals surface area contributed by atoms with Gasteiger partial charge in [-0.25, -0.2) is 0 Å². The number of nitrogens with zero attached hydrogens (tertiary/aromatic N) is 1. The van der Waals surface area contributed by atoms with Gasteiger partial charge < -0.3 is 14.4 Å². The van der Waals surface area contributed by atoms with Gasteiger partial charge >= 0.3 is 0 Å². The lowest BCUT2D eigenvalue weighted by molar-refractivity contribution is -0.226. The highest BCUT2D eigenvalue weighted by molar-refractivity contribution is 4.74. The minimum Gasteiger partial charge on any atom is -0.352 e. The average molecular weight is 199 g/mol. The van der Waals surface area contributed by atoms with Gasteiger partial charge in [0.15, 0.2) is 6.29 Å². The molecule has 2 fully saturated rings. The number of piperidine rings is 1. The molecule has 14 heavy (non-hydrogen) atoms. The summed E-state index contributed by atoms with van der Waals surface area (Å²) in [6.07, 6.45) is 2.52. The molecule has 2 saturated heterocycles. The van der Waals surface area contributed by atoms with Gasteiger partial charge in [0.25, 0.3) is 0 Å². The average Bonchev–Trinajstić information content (AvgIpc) is 2.21. The smallest absolute Gasteiger partial charge is 0.160 e. The quantitative estimate of drug-likeness (QED) is 0.636. The lowest BCUT2D eigenvalue weighted by Gasteiger charge is -2.37. The van der Waals surface area contributed by atoms with Gasteiger partial charge in [0.2, 0.25) is 0 Å². The molecular formula is C11H21NO2. The monoisotopic (exact) mass is 199 g/mol. The molecule has 0 bridgehead atoms. The second kappa shape index (κ2) is 4.60. The van der Waals surface area contributed by atoms with Crippen LogP contribution in [0.3, 0.4) is 0 Å². The zero-order chi connectivity index (χ0) is 9.97. The van der Waals surface area contributed by atoms with E-state index in [9.17, 15) is 0 Å². The number of likely N-dealkylation sites (tertiary alicyclic amines) is 1. The number of rotatable bonds is 1. The summed E-state index contributed by atoms with van der Waals surface area (Å²) in [7, 11) is 2.18. The van der Waals surface area contributed by atoms with E-state index in [-0.39, 0.29) is 6.29 Å². The van der Waals surface area contributed by atoms with E-state index in [1.165, 1.54) is 25.9 Å². The van der Waals surface area contributed by atoms with Crippen molar-refractivity contribution < 1.29 is 9.47 Å². The molecule has 0 spiro atoms. The first-order valence-corrected chi connectivity index (χ1v) is 5.67. The molecule has 2 aliphatic heterocycles. The van der Waals surface area contributed by atoms with E-state index in [1.54, 1.807) is 0 Å². The third-order valence-electron chi connectivity index (χ3n) is 3.24. The Bertz CT molecular complexity index is 150. The van der Waals surface area contributed by atoms with Crippen molar-refractivity contribution in [1.82, 2.24) is 4.90 Å². The van der Waals surface area contributed by atoms with Crippen LogP contribution in [0.5, 0.6) is 0 Å². The molecule has 2 rings (SSSR count). The summed E-state index contributed by atoms with van der Waals surface area (Å²) >= 11 is 0. The van der Waals surface area contributed by atoms with Crippen molar-refractivity contribution >= 4 is 0 Å².